The lowest BCUT2D eigenvalue weighted by atomic mass is 10.1. The van der Waals surface area contributed by atoms with Crippen molar-refractivity contribution in [2.24, 2.45) is 0 Å². The number of aliphatic hydroxyl groups is 1. The molecule has 21 heavy (non-hydrogen) atoms. The monoisotopic (exact) mass is 287 g/mol. The average molecular weight is 287 g/mol. The number of para-hydroxylation sites is 1. The van der Waals surface area contributed by atoms with Crippen LogP contribution in [0.2, 0.25) is 0 Å². The molecular weight excluding hydrogens is 266 g/mol. The van der Waals surface area contributed by atoms with Crippen molar-refractivity contribution in [2.45, 2.75) is 19.0 Å². The van der Waals surface area contributed by atoms with Gasteiger partial charge in [-0.15, -0.1) is 0 Å². The molecule has 2 heterocycles. The van der Waals surface area contributed by atoms with Gasteiger partial charge in [-0.25, -0.2) is 0 Å². The van der Waals surface area contributed by atoms with E-state index in [1.54, 1.807) is 12.3 Å². The Morgan fingerprint density at radius 3 is 3.10 bits per heavy atom. The molecule has 3 N–H and O–H groups in total. The molecule has 2 aromatic rings. The van der Waals surface area contributed by atoms with Gasteiger partial charge in [-0.05, 0) is 24.1 Å². The first-order chi connectivity index (χ1) is 10.3. The van der Waals surface area contributed by atoms with Gasteiger partial charge in [0.1, 0.15) is 11.3 Å². The number of aromatic hydroxyl groups is 1. The molecule has 1 unspecified atom stereocenters. The third-order valence-electron chi connectivity index (χ3n) is 4.15. The smallest absolute Gasteiger partial charge is 0.141 e. The molecule has 0 saturated carbocycles. The second kappa shape index (κ2) is 6.39. The maximum Gasteiger partial charge on any atom is 0.141 e. The summed E-state index contributed by atoms with van der Waals surface area (Å²) in [6, 6.07) is 7.88. The van der Waals surface area contributed by atoms with E-state index in [9.17, 15) is 10.2 Å². The quantitative estimate of drug-likeness (QED) is 0.785. The SMILES string of the molecule is OCCC1CNCCN1Cc1ccnc2c(O)cccc12. The molecule has 1 aliphatic heterocycles. The molecular formula is C16H21N3O2. The number of aromatic nitrogens is 1. The van der Waals surface area contributed by atoms with Gasteiger partial charge in [0.25, 0.3) is 0 Å². The summed E-state index contributed by atoms with van der Waals surface area (Å²) in [5.74, 6) is 0.224. The number of nitrogens with one attached hydrogen (secondary N) is 1. The van der Waals surface area contributed by atoms with Crippen LogP contribution < -0.4 is 5.32 Å². The molecule has 1 aromatic heterocycles. The molecule has 112 valence electrons. The lowest BCUT2D eigenvalue weighted by molar-refractivity contribution is 0.124. The zero-order valence-electron chi connectivity index (χ0n) is 12.0. The van der Waals surface area contributed by atoms with Crippen LogP contribution in [0, 0.1) is 0 Å². The molecule has 5 nitrogen and oxygen atoms in total. The number of phenolic OH excluding ortho intramolecular Hbond substituents is 1. The Morgan fingerprint density at radius 2 is 2.24 bits per heavy atom. The fourth-order valence-corrected chi connectivity index (χ4v) is 3.02. The summed E-state index contributed by atoms with van der Waals surface area (Å²) in [4.78, 5) is 6.66. The largest absolute Gasteiger partial charge is 0.506 e. The van der Waals surface area contributed by atoms with E-state index >= 15 is 0 Å². The second-order valence-electron chi connectivity index (χ2n) is 5.48. The first-order valence-electron chi connectivity index (χ1n) is 7.41. The third-order valence-corrected chi connectivity index (χ3v) is 4.15. The lowest BCUT2D eigenvalue weighted by Crippen LogP contribution is -2.51. The topological polar surface area (TPSA) is 68.6 Å². The van der Waals surface area contributed by atoms with E-state index < -0.39 is 0 Å². The molecule has 0 aliphatic carbocycles. The molecule has 1 saturated heterocycles. The lowest BCUT2D eigenvalue weighted by Gasteiger charge is -2.36. The predicted molar refractivity (Wildman–Crippen MR) is 82.2 cm³/mol. The molecule has 0 spiro atoms. The Labute approximate surface area is 124 Å². The summed E-state index contributed by atoms with van der Waals surface area (Å²) >= 11 is 0. The predicted octanol–water partition coefficient (Wildman–Crippen LogP) is 1.10. The fraction of sp³-hybridized carbons (Fsp3) is 0.438. The summed E-state index contributed by atoms with van der Waals surface area (Å²) in [5, 5.41) is 23.5. The Kier molecular flexibility index (Phi) is 4.34. The zero-order chi connectivity index (χ0) is 14.7. The van der Waals surface area contributed by atoms with E-state index in [1.807, 2.05) is 18.2 Å². The number of piperazine rings is 1. The van der Waals surface area contributed by atoms with E-state index in [2.05, 4.69) is 15.2 Å². The van der Waals surface area contributed by atoms with Crippen molar-refractivity contribution in [3.8, 4) is 5.75 Å². The van der Waals surface area contributed by atoms with Crippen molar-refractivity contribution >= 4 is 10.9 Å². The van der Waals surface area contributed by atoms with Crippen LogP contribution in [0.1, 0.15) is 12.0 Å². The number of fused-ring (bicyclic) bond motifs is 1. The van der Waals surface area contributed by atoms with E-state index in [4.69, 9.17) is 0 Å². The minimum absolute atomic E-state index is 0.209. The van der Waals surface area contributed by atoms with Gasteiger partial charge in [0, 0.05) is 50.4 Å². The van der Waals surface area contributed by atoms with Crippen LogP contribution in [-0.4, -0.2) is 52.4 Å². The molecule has 1 aromatic carbocycles. The normalized spacial score (nSPS) is 20.0. The highest BCUT2D eigenvalue weighted by molar-refractivity contribution is 5.86. The number of hydrogen-bond acceptors (Lipinski definition) is 5. The van der Waals surface area contributed by atoms with Gasteiger partial charge >= 0.3 is 0 Å². The molecule has 1 atom stereocenters. The Balaban J connectivity index is 1.88. The Hall–Kier alpha value is -1.69. The van der Waals surface area contributed by atoms with E-state index in [-0.39, 0.29) is 12.4 Å². The highest BCUT2D eigenvalue weighted by Crippen LogP contribution is 2.26. The number of phenols is 1. The van der Waals surface area contributed by atoms with Crippen molar-refractivity contribution in [3.05, 3.63) is 36.0 Å². The van der Waals surface area contributed by atoms with E-state index in [0.29, 0.717) is 11.6 Å². The second-order valence-corrected chi connectivity index (χ2v) is 5.48. The van der Waals surface area contributed by atoms with Crippen molar-refractivity contribution in [2.75, 3.05) is 26.2 Å². The number of aliphatic hydroxyl groups excluding tert-OH is 1. The summed E-state index contributed by atoms with van der Waals surface area (Å²) in [6.45, 7) is 3.87. The average Bonchev–Trinajstić information content (AvgIpc) is 2.51. The fourth-order valence-electron chi connectivity index (χ4n) is 3.02. The van der Waals surface area contributed by atoms with Crippen molar-refractivity contribution in [3.63, 3.8) is 0 Å². The van der Waals surface area contributed by atoms with Gasteiger partial charge in [-0.2, -0.15) is 0 Å². The molecule has 1 fully saturated rings. The highest BCUT2D eigenvalue weighted by atomic mass is 16.3. The van der Waals surface area contributed by atoms with Crippen LogP contribution in [0.15, 0.2) is 30.5 Å². The summed E-state index contributed by atoms with van der Waals surface area (Å²) in [5.41, 5.74) is 1.82. The van der Waals surface area contributed by atoms with Crippen molar-refractivity contribution in [1.82, 2.24) is 15.2 Å². The third kappa shape index (κ3) is 3.00. The van der Waals surface area contributed by atoms with Gasteiger partial charge in [0.05, 0.1) is 0 Å². The molecule has 0 amide bonds. The first kappa shape index (κ1) is 14.3. The molecule has 3 rings (SSSR count). The summed E-state index contributed by atoms with van der Waals surface area (Å²) in [7, 11) is 0. The van der Waals surface area contributed by atoms with Crippen LogP contribution in [-0.2, 0) is 6.54 Å². The maximum atomic E-state index is 9.92. The van der Waals surface area contributed by atoms with Gasteiger partial charge in [-0.1, -0.05) is 12.1 Å². The standard InChI is InChI=1S/C16H21N3O2/c20-9-5-13-10-17-7-8-19(13)11-12-4-6-18-16-14(12)2-1-3-15(16)21/h1-4,6,13,17,20-21H,5,7-11H2. The van der Waals surface area contributed by atoms with Crippen molar-refractivity contribution < 1.29 is 10.2 Å². The Morgan fingerprint density at radius 1 is 1.33 bits per heavy atom. The highest BCUT2D eigenvalue weighted by Gasteiger charge is 2.22. The van der Waals surface area contributed by atoms with Crippen LogP contribution in [0.3, 0.4) is 0 Å². The van der Waals surface area contributed by atoms with Crippen LogP contribution in [0.25, 0.3) is 10.9 Å². The van der Waals surface area contributed by atoms with Gasteiger partial charge in [0.15, 0.2) is 0 Å². The first-order valence-corrected chi connectivity index (χ1v) is 7.41. The number of benzene rings is 1. The van der Waals surface area contributed by atoms with Crippen LogP contribution >= 0.6 is 0 Å². The number of pyridine rings is 1. The number of hydrogen-bond donors (Lipinski definition) is 3. The van der Waals surface area contributed by atoms with Crippen molar-refractivity contribution in [1.29, 1.82) is 0 Å². The maximum absolute atomic E-state index is 9.92. The Bertz CT molecular complexity index is 615. The van der Waals surface area contributed by atoms with Gasteiger partial charge in [0.2, 0.25) is 0 Å². The van der Waals surface area contributed by atoms with Crippen LogP contribution in [0.4, 0.5) is 0 Å². The molecule has 0 radical (unpaired) electrons. The van der Waals surface area contributed by atoms with Gasteiger partial charge < -0.3 is 15.5 Å². The van der Waals surface area contributed by atoms with E-state index in [1.165, 1.54) is 5.56 Å². The summed E-state index contributed by atoms with van der Waals surface area (Å²) in [6.07, 6.45) is 2.53. The minimum atomic E-state index is 0.209. The molecule has 1 aliphatic rings. The number of nitrogens with zero attached hydrogens (tertiary/aromatic N) is 2. The number of rotatable bonds is 4. The zero-order valence-corrected chi connectivity index (χ0v) is 12.0. The summed E-state index contributed by atoms with van der Waals surface area (Å²) < 4.78 is 0. The van der Waals surface area contributed by atoms with Crippen LogP contribution in [0.5, 0.6) is 5.75 Å². The minimum Gasteiger partial charge on any atom is -0.506 e. The van der Waals surface area contributed by atoms with E-state index in [0.717, 1.165) is 38.0 Å². The molecule has 0 bridgehead atoms. The molecule has 5 heteroatoms. The van der Waals surface area contributed by atoms with Gasteiger partial charge in [-0.3, -0.25) is 9.88 Å².